The Morgan fingerprint density at radius 2 is 1.66 bits per heavy atom. The van der Waals surface area contributed by atoms with E-state index in [-0.39, 0.29) is 0 Å². The van der Waals surface area contributed by atoms with Crippen LogP contribution in [0.25, 0.3) is 22.2 Å². The molecular weight excluding hydrogens is 548 g/mol. The lowest BCUT2D eigenvalue weighted by Gasteiger charge is -2.35. The molecule has 3 aliphatic rings. The average Bonchev–Trinajstić information content (AvgIpc) is 3.32. The van der Waals surface area contributed by atoms with Crippen LogP contribution < -0.4 is 9.64 Å². The molecule has 44 heavy (non-hydrogen) atoms. The lowest BCUT2D eigenvalue weighted by molar-refractivity contribution is 0.100. The lowest BCUT2D eigenvalue weighted by Crippen LogP contribution is -2.42. The van der Waals surface area contributed by atoms with Crippen molar-refractivity contribution in [3.05, 3.63) is 88.8 Å². The molecule has 1 saturated heterocycles. The third-order valence-corrected chi connectivity index (χ3v) is 10.1. The first-order chi connectivity index (χ1) is 21.7. The molecule has 3 heterocycles. The minimum Gasteiger partial charge on any atom is -0.493 e. The van der Waals surface area contributed by atoms with Crippen molar-refractivity contribution in [1.82, 2.24) is 9.47 Å². The van der Waals surface area contributed by atoms with Crippen LogP contribution in [0.5, 0.6) is 5.75 Å². The molecule has 2 aliphatic heterocycles. The molecule has 2 fully saturated rings. The second-order valence-corrected chi connectivity index (χ2v) is 12.8. The maximum absolute atomic E-state index is 12.3. The molecule has 0 radical (unpaired) electrons. The zero-order chi connectivity index (χ0) is 29.9. The lowest BCUT2D eigenvalue weighted by atomic mass is 9.81. The minimum absolute atomic E-state index is 0.369. The van der Waals surface area contributed by atoms with Gasteiger partial charge in [0, 0.05) is 71.5 Å². The second kappa shape index (κ2) is 12.9. The Kier molecular flexibility index (Phi) is 8.47. The molecule has 228 valence electrons. The molecule has 1 aliphatic carbocycles. The number of anilines is 1. The molecule has 7 heteroatoms. The maximum atomic E-state index is 12.3. The smallest absolute Gasteiger partial charge is 0.316 e. The first-order valence-corrected chi connectivity index (χ1v) is 16.5. The number of nitrogens with zero attached hydrogens (tertiary/aromatic N) is 4. The Morgan fingerprint density at radius 3 is 2.50 bits per heavy atom. The van der Waals surface area contributed by atoms with Crippen LogP contribution >= 0.6 is 0 Å². The van der Waals surface area contributed by atoms with E-state index in [1.807, 2.05) is 36.4 Å². The molecule has 7 nitrogen and oxygen atoms in total. The Bertz CT molecular complexity index is 1620. The van der Waals surface area contributed by atoms with Crippen LogP contribution in [0.15, 0.2) is 78.0 Å². The first-order valence-electron chi connectivity index (χ1n) is 16.5. The summed E-state index contributed by atoms with van der Waals surface area (Å²) in [4.78, 5) is 28.6. The highest BCUT2D eigenvalue weighted by Gasteiger charge is 2.31. The third kappa shape index (κ3) is 5.77. The van der Waals surface area contributed by atoms with Gasteiger partial charge in [-0.1, -0.05) is 61.7 Å². The van der Waals surface area contributed by atoms with Crippen molar-refractivity contribution >= 4 is 22.5 Å². The molecule has 1 saturated carbocycles. The number of ether oxygens (including phenoxy) is 1. The molecular formula is C37H42N4O3. The number of rotatable bonds is 8. The Hall–Kier alpha value is -3.97. The standard InChI is InChI=1S/C37H42N4O3/c42-37(38-43)29-17-18-31-34(24-29)41-23-22-40(21-20-39-19-9-10-27(25-39)26-44-30-13-5-2-6-14-30)33-16-8-7-15-32(33)36(41)35(31)28-11-3-1-4-12-28/h2,5-8,13-18,24,27-28H,1,3-4,9-12,19-23,25-26H2/t27-/m1/s1. The van der Waals surface area contributed by atoms with Crippen molar-refractivity contribution in [2.45, 2.75) is 57.4 Å². The predicted molar refractivity (Wildman–Crippen MR) is 177 cm³/mol. The van der Waals surface area contributed by atoms with Crippen LogP contribution in [0, 0.1) is 10.8 Å². The molecule has 1 aromatic heterocycles. The second-order valence-electron chi connectivity index (χ2n) is 12.8. The Balaban J connectivity index is 1.16. The van der Waals surface area contributed by atoms with Gasteiger partial charge in [0.25, 0.3) is 0 Å². The van der Waals surface area contributed by atoms with Crippen LogP contribution in [-0.4, -0.2) is 54.7 Å². The van der Waals surface area contributed by atoms with E-state index < -0.39 is 5.91 Å². The first kappa shape index (κ1) is 28.8. The number of hydrogen-bond acceptors (Lipinski definition) is 5. The van der Waals surface area contributed by atoms with E-state index in [9.17, 15) is 9.70 Å². The van der Waals surface area contributed by atoms with Gasteiger partial charge in [0.1, 0.15) is 5.75 Å². The Labute approximate surface area is 259 Å². The molecule has 7 rings (SSSR count). The molecule has 4 aromatic rings. The van der Waals surface area contributed by atoms with E-state index in [1.54, 1.807) is 6.07 Å². The molecule has 0 N–H and O–H groups in total. The summed E-state index contributed by atoms with van der Waals surface area (Å²) in [6.45, 7) is 6.66. The van der Waals surface area contributed by atoms with Crippen molar-refractivity contribution in [3.63, 3.8) is 0 Å². The zero-order valence-electron chi connectivity index (χ0n) is 25.5. The van der Waals surface area contributed by atoms with Gasteiger partial charge in [-0.15, -0.1) is 4.91 Å². The number of carbonyl (C=O) groups excluding carboxylic acids is 1. The van der Waals surface area contributed by atoms with E-state index in [0.29, 0.717) is 17.4 Å². The van der Waals surface area contributed by atoms with Gasteiger partial charge < -0.3 is 19.1 Å². The van der Waals surface area contributed by atoms with Gasteiger partial charge in [-0.25, -0.2) is 0 Å². The highest BCUT2D eigenvalue weighted by molar-refractivity contribution is 6.02. The summed E-state index contributed by atoms with van der Waals surface area (Å²) in [7, 11) is 0. The zero-order valence-corrected chi connectivity index (χ0v) is 25.5. The van der Waals surface area contributed by atoms with Crippen LogP contribution in [0.1, 0.15) is 66.8 Å². The van der Waals surface area contributed by atoms with Gasteiger partial charge in [0.05, 0.1) is 12.3 Å². The van der Waals surface area contributed by atoms with Gasteiger partial charge in [-0.2, -0.15) is 0 Å². The topological polar surface area (TPSA) is 67.1 Å². The number of carbonyl (C=O) groups is 1. The van der Waals surface area contributed by atoms with Crippen LogP contribution in [0.4, 0.5) is 5.69 Å². The van der Waals surface area contributed by atoms with Gasteiger partial charge >= 0.3 is 5.91 Å². The largest absolute Gasteiger partial charge is 0.493 e. The number of para-hydroxylation sites is 2. The highest BCUT2D eigenvalue weighted by Crippen LogP contribution is 2.47. The van der Waals surface area contributed by atoms with Crippen molar-refractivity contribution < 1.29 is 9.53 Å². The summed E-state index contributed by atoms with van der Waals surface area (Å²) in [5.74, 6) is 1.29. The summed E-state index contributed by atoms with van der Waals surface area (Å²) in [6, 6.07) is 24.8. The van der Waals surface area contributed by atoms with E-state index in [4.69, 9.17) is 4.74 Å². The quantitative estimate of drug-likeness (QED) is 0.195. The number of hydrogen-bond donors (Lipinski definition) is 0. The summed E-state index contributed by atoms with van der Waals surface area (Å²) in [6.07, 6.45) is 8.61. The van der Waals surface area contributed by atoms with Crippen molar-refractivity contribution in [1.29, 1.82) is 0 Å². The summed E-state index contributed by atoms with van der Waals surface area (Å²) >= 11 is 0. The van der Waals surface area contributed by atoms with Gasteiger partial charge in [0.15, 0.2) is 0 Å². The molecule has 0 unspecified atom stereocenters. The predicted octanol–water partition coefficient (Wildman–Crippen LogP) is 7.87. The summed E-state index contributed by atoms with van der Waals surface area (Å²) < 4.78 is 8.55. The minimum atomic E-state index is -0.702. The van der Waals surface area contributed by atoms with E-state index in [0.717, 1.165) is 57.1 Å². The monoisotopic (exact) mass is 590 g/mol. The molecule has 0 spiro atoms. The van der Waals surface area contributed by atoms with Crippen molar-refractivity contribution in [3.8, 4) is 17.0 Å². The van der Waals surface area contributed by atoms with Gasteiger partial charge in [-0.3, -0.25) is 4.79 Å². The van der Waals surface area contributed by atoms with Gasteiger partial charge in [0.2, 0.25) is 0 Å². The van der Waals surface area contributed by atoms with E-state index in [1.165, 1.54) is 72.8 Å². The number of amides is 1. The summed E-state index contributed by atoms with van der Waals surface area (Å²) in [5, 5.41) is 3.94. The number of benzene rings is 3. The number of likely N-dealkylation sites (tertiary alicyclic amines) is 1. The molecule has 3 aromatic carbocycles. The fraction of sp³-hybridized carbons (Fsp3) is 0.432. The average molecular weight is 591 g/mol. The van der Waals surface area contributed by atoms with E-state index in [2.05, 4.69) is 49.9 Å². The molecule has 1 atom stereocenters. The van der Waals surface area contributed by atoms with Crippen molar-refractivity contribution in [2.75, 3.05) is 44.2 Å². The molecule has 1 amide bonds. The fourth-order valence-electron chi connectivity index (χ4n) is 7.90. The fourth-order valence-corrected chi connectivity index (χ4v) is 7.90. The Morgan fingerprint density at radius 1 is 0.841 bits per heavy atom. The maximum Gasteiger partial charge on any atom is 0.316 e. The number of fused-ring (bicyclic) bond motifs is 5. The number of nitroso groups, excluding NO2 is 1. The SMILES string of the molecule is O=NC(=O)c1ccc2c(C3CCCCC3)c3n(c2c1)CCN(CCN1CCC[C@@H](COc2ccccc2)C1)c1ccccc1-3. The van der Waals surface area contributed by atoms with Gasteiger partial charge in [-0.05, 0) is 74.0 Å². The highest BCUT2D eigenvalue weighted by atomic mass is 16.5. The number of aromatic nitrogens is 1. The van der Waals surface area contributed by atoms with Crippen molar-refractivity contribution in [2.24, 2.45) is 11.1 Å². The number of piperidine rings is 1. The molecule has 0 bridgehead atoms. The van der Waals surface area contributed by atoms with Crippen LogP contribution in [0.2, 0.25) is 0 Å². The normalized spacial score (nSPS) is 19.3. The van der Waals surface area contributed by atoms with E-state index >= 15 is 0 Å². The van der Waals surface area contributed by atoms with Crippen LogP contribution in [-0.2, 0) is 6.54 Å². The summed E-state index contributed by atoms with van der Waals surface area (Å²) in [5.41, 5.74) is 6.69. The van der Waals surface area contributed by atoms with Crippen LogP contribution in [0.3, 0.4) is 0 Å². The third-order valence-electron chi connectivity index (χ3n) is 10.1.